The predicted molar refractivity (Wildman–Crippen MR) is 79.8 cm³/mol. The molecule has 0 radical (unpaired) electrons. The summed E-state index contributed by atoms with van der Waals surface area (Å²) in [4.78, 5) is 25.2. The second-order valence-electron chi connectivity index (χ2n) is 5.80. The van der Waals surface area contributed by atoms with Crippen molar-refractivity contribution in [3.05, 3.63) is 35.9 Å². The summed E-state index contributed by atoms with van der Waals surface area (Å²) in [6, 6.07) is 8.92. The van der Waals surface area contributed by atoms with Crippen molar-refractivity contribution in [1.29, 1.82) is 0 Å². The lowest BCUT2D eigenvalue weighted by Crippen LogP contribution is -2.37. The van der Waals surface area contributed by atoms with Crippen LogP contribution in [0.15, 0.2) is 30.3 Å². The number of hydrogen-bond acceptors (Lipinski definition) is 4. The molecule has 1 atom stereocenters. The van der Waals surface area contributed by atoms with Crippen molar-refractivity contribution in [3.63, 3.8) is 0 Å². The van der Waals surface area contributed by atoms with Crippen LogP contribution in [0.3, 0.4) is 0 Å². The van der Waals surface area contributed by atoms with Crippen LogP contribution in [0.2, 0.25) is 0 Å². The smallest absolute Gasteiger partial charge is 0.410 e. The van der Waals surface area contributed by atoms with Gasteiger partial charge in [0.05, 0.1) is 19.6 Å². The first-order chi connectivity index (χ1) is 9.74. The number of carbonyl (C=O) groups is 2. The van der Waals surface area contributed by atoms with Gasteiger partial charge in [0.2, 0.25) is 0 Å². The quantitative estimate of drug-likeness (QED) is 0.800. The van der Waals surface area contributed by atoms with Crippen molar-refractivity contribution >= 4 is 12.1 Å². The van der Waals surface area contributed by atoms with Gasteiger partial charge in [-0.25, -0.2) is 4.79 Å². The molecule has 0 aromatic heterocycles. The van der Waals surface area contributed by atoms with Gasteiger partial charge < -0.3 is 14.4 Å². The molecule has 0 N–H and O–H groups in total. The van der Waals surface area contributed by atoms with E-state index in [0.717, 1.165) is 5.56 Å². The Balaban J connectivity index is 2.95. The minimum atomic E-state index is -0.585. The predicted octanol–water partition coefficient (Wildman–Crippen LogP) is 3.16. The monoisotopic (exact) mass is 293 g/mol. The molecule has 5 nitrogen and oxygen atoms in total. The third kappa shape index (κ3) is 5.45. The first-order valence-electron chi connectivity index (χ1n) is 6.82. The van der Waals surface area contributed by atoms with Gasteiger partial charge in [0.15, 0.2) is 0 Å². The Morgan fingerprint density at radius 3 is 2.24 bits per heavy atom. The molecular weight excluding hydrogens is 270 g/mol. The van der Waals surface area contributed by atoms with Crippen molar-refractivity contribution in [2.75, 3.05) is 14.2 Å². The third-order valence-corrected chi connectivity index (χ3v) is 2.92. The topological polar surface area (TPSA) is 55.8 Å². The maximum Gasteiger partial charge on any atom is 0.410 e. The van der Waals surface area contributed by atoms with E-state index in [0.29, 0.717) is 0 Å². The fourth-order valence-corrected chi connectivity index (χ4v) is 1.86. The van der Waals surface area contributed by atoms with Crippen LogP contribution in [0.1, 0.15) is 38.8 Å². The fourth-order valence-electron chi connectivity index (χ4n) is 1.86. The van der Waals surface area contributed by atoms with Crippen LogP contribution in [0.25, 0.3) is 0 Å². The van der Waals surface area contributed by atoms with E-state index in [4.69, 9.17) is 9.47 Å². The average molecular weight is 293 g/mol. The molecule has 21 heavy (non-hydrogen) atoms. The molecule has 1 rings (SSSR count). The summed E-state index contributed by atoms with van der Waals surface area (Å²) >= 11 is 0. The zero-order chi connectivity index (χ0) is 16.0. The molecule has 0 aliphatic rings. The molecule has 0 bridgehead atoms. The lowest BCUT2D eigenvalue weighted by Gasteiger charge is -2.30. The summed E-state index contributed by atoms with van der Waals surface area (Å²) in [5, 5.41) is 0. The molecule has 0 saturated carbocycles. The first kappa shape index (κ1) is 17.0. The second kappa shape index (κ2) is 7.11. The Hall–Kier alpha value is -2.04. The van der Waals surface area contributed by atoms with Crippen LogP contribution in [0, 0.1) is 0 Å². The van der Waals surface area contributed by atoms with Gasteiger partial charge in [-0.3, -0.25) is 4.79 Å². The Kier molecular flexibility index (Phi) is 5.76. The summed E-state index contributed by atoms with van der Waals surface area (Å²) in [5.41, 5.74) is 0.272. The highest BCUT2D eigenvalue weighted by Crippen LogP contribution is 2.25. The molecule has 0 unspecified atom stereocenters. The second-order valence-corrected chi connectivity index (χ2v) is 5.80. The summed E-state index contributed by atoms with van der Waals surface area (Å²) in [6.07, 6.45) is -0.392. The molecule has 5 heteroatoms. The number of nitrogens with zero attached hydrogens (tertiary/aromatic N) is 1. The summed E-state index contributed by atoms with van der Waals surface area (Å²) < 4.78 is 10.1. The lowest BCUT2D eigenvalue weighted by atomic mass is 10.0. The molecule has 1 amide bonds. The van der Waals surface area contributed by atoms with Gasteiger partial charge in [-0.1, -0.05) is 30.3 Å². The van der Waals surface area contributed by atoms with Crippen LogP contribution in [0.5, 0.6) is 0 Å². The van der Waals surface area contributed by atoms with E-state index in [-0.39, 0.29) is 12.4 Å². The molecule has 0 aliphatic carbocycles. The van der Waals surface area contributed by atoms with Gasteiger partial charge in [0, 0.05) is 7.05 Å². The van der Waals surface area contributed by atoms with Gasteiger partial charge in [-0.15, -0.1) is 0 Å². The van der Waals surface area contributed by atoms with E-state index in [1.54, 1.807) is 27.8 Å². The van der Waals surface area contributed by atoms with Crippen molar-refractivity contribution in [3.8, 4) is 0 Å². The molecule has 1 aromatic carbocycles. The molecule has 1 aromatic rings. The molecule has 116 valence electrons. The van der Waals surface area contributed by atoms with Gasteiger partial charge in [0.1, 0.15) is 5.60 Å². The first-order valence-corrected chi connectivity index (χ1v) is 6.82. The number of esters is 1. The van der Waals surface area contributed by atoms with Crippen molar-refractivity contribution in [1.82, 2.24) is 4.90 Å². The Labute approximate surface area is 125 Å². The van der Waals surface area contributed by atoms with Crippen LogP contribution in [-0.4, -0.2) is 36.7 Å². The summed E-state index contributed by atoms with van der Waals surface area (Å²) in [6.45, 7) is 5.41. The Bertz CT molecular complexity index is 479. The van der Waals surface area contributed by atoms with Crippen molar-refractivity contribution in [2.24, 2.45) is 0 Å². The maximum atomic E-state index is 12.2. The zero-order valence-corrected chi connectivity index (χ0v) is 13.3. The van der Waals surface area contributed by atoms with E-state index in [1.807, 2.05) is 30.3 Å². The standard InChI is InChI=1S/C16H23NO4/c1-16(2,3)21-15(19)17(4)13(11-14(18)20-5)12-9-7-6-8-10-12/h6-10,13H,11H2,1-5H3/t13-/m0/s1. The summed E-state index contributed by atoms with van der Waals surface area (Å²) in [7, 11) is 2.95. The fraction of sp³-hybridized carbons (Fsp3) is 0.500. The van der Waals surface area contributed by atoms with Crippen LogP contribution in [-0.2, 0) is 14.3 Å². The van der Waals surface area contributed by atoms with E-state index >= 15 is 0 Å². The van der Waals surface area contributed by atoms with Gasteiger partial charge in [0.25, 0.3) is 0 Å². The number of carbonyl (C=O) groups excluding carboxylic acids is 2. The van der Waals surface area contributed by atoms with Crippen LogP contribution in [0.4, 0.5) is 4.79 Å². The number of benzene rings is 1. The van der Waals surface area contributed by atoms with Gasteiger partial charge >= 0.3 is 12.1 Å². The molecule has 0 fully saturated rings. The normalized spacial score (nSPS) is 12.4. The number of ether oxygens (including phenoxy) is 2. The lowest BCUT2D eigenvalue weighted by molar-refractivity contribution is -0.141. The van der Waals surface area contributed by atoms with E-state index in [2.05, 4.69) is 0 Å². The number of hydrogen-bond donors (Lipinski definition) is 0. The van der Waals surface area contributed by atoms with E-state index in [1.165, 1.54) is 12.0 Å². The van der Waals surface area contributed by atoms with E-state index in [9.17, 15) is 9.59 Å². The summed E-state index contributed by atoms with van der Waals surface area (Å²) in [5.74, 6) is -0.376. The highest BCUT2D eigenvalue weighted by atomic mass is 16.6. The Morgan fingerprint density at radius 1 is 1.19 bits per heavy atom. The minimum Gasteiger partial charge on any atom is -0.469 e. The van der Waals surface area contributed by atoms with Gasteiger partial charge in [-0.2, -0.15) is 0 Å². The Morgan fingerprint density at radius 2 is 1.76 bits per heavy atom. The maximum absolute atomic E-state index is 12.2. The highest BCUT2D eigenvalue weighted by molar-refractivity contribution is 5.73. The third-order valence-electron chi connectivity index (χ3n) is 2.92. The van der Waals surface area contributed by atoms with Crippen LogP contribution >= 0.6 is 0 Å². The van der Waals surface area contributed by atoms with Crippen LogP contribution < -0.4 is 0 Å². The zero-order valence-electron chi connectivity index (χ0n) is 13.3. The molecule has 0 spiro atoms. The number of amides is 1. The molecular formula is C16H23NO4. The van der Waals surface area contributed by atoms with E-state index < -0.39 is 17.7 Å². The van der Waals surface area contributed by atoms with Crippen molar-refractivity contribution < 1.29 is 19.1 Å². The van der Waals surface area contributed by atoms with Gasteiger partial charge in [-0.05, 0) is 26.3 Å². The average Bonchev–Trinajstić information content (AvgIpc) is 2.42. The number of methoxy groups -OCH3 is 1. The van der Waals surface area contributed by atoms with Crippen molar-refractivity contribution in [2.45, 2.75) is 38.8 Å². The minimum absolute atomic E-state index is 0.0796. The molecule has 0 heterocycles. The highest BCUT2D eigenvalue weighted by Gasteiger charge is 2.28. The molecule has 0 saturated heterocycles. The SMILES string of the molecule is COC(=O)C[C@@H](c1ccccc1)N(C)C(=O)OC(C)(C)C. The molecule has 0 aliphatic heterocycles. The number of rotatable bonds is 4. The largest absolute Gasteiger partial charge is 0.469 e.